The minimum atomic E-state index is -3.61. The molecule has 2 N–H and O–H groups in total. The van der Waals surface area contributed by atoms with Crippen molar-refractivity contribution in [2.75, 3.05) is 26.0 Å². The normalized spacial score (nSPS) is 18.8. The van der Waals surface area contributed by atoms with E-state index in [1.807, 2.05) is 0 Å². The van der Waals surface area contributed by atoms with E-state index in [4.69, 9.17) is 0 Å². The van der Waals surface area contributed by atoms with E-state index in [2.05, 4.69) is 10.6 Å². The maximum absolute atomic E-state index is 12.6. The number of rotatable bonds is 6. The predicted molar refractivity (Wildman–Crippen MR) is 102 cm³/mol. The molecular weight excluding hydrogens is 384 g/mol. The zero-order chi connectivity index (χ0) is 20.5. The fourth-order valence-electron chi connectivity index (χ4n) is 3.58. The molecule has 1 aromatic carbocycles. The number of imide groups is 1. The number of nitrogens with zero attached hydrogens (tertiary/aromatic N) is 2. The lowest BCUT2D eigenvalue weighted by Crippen LogP contribution is -2.44. The summed E-state index contributed by atoms with van der Waals surface area (Å²) in [6.45, 7) is -0.0199. The average Bonchev–Trinajstić information content (AvgIpc) is 3.19. The van der Waals surface area contributed by atoms with Crippen molar-refractivity contribution in [2.24, 2.45) is 0 Å². The van der Waals surface area contributed by atoms with E-state index < -0.39 is 27.5 Å². The molecule has 0 atom stereocenters. The largest absolute Gasteiger partial charge is 0.326 e. The first-order valence-electron chi connectivity index (χ1n) is 9.12. The van der Waals surface area contributed by atoms with Crippen LogP contribution in [0.4, 0.5) is 10.5 Å². The summed E-state index contributed by atoms with van der Waals surface area (Å²) in [5, 5.41) is 5.39. The number of anilines is 1. The fourth-order valence-corrected chi connectivity index (χ4v) is 4.53. The summed E-state index contributed by atoms with van der Waals surface area (Å²) in [7, 11) is -0.759. The number of carbonyl (C=O) groups is 3. The van der Waals surface area contributed by atoms with Gasteiger partial charge in [0, 0.05) is 32.7 Å². The monoisotopic (exact) mass is 408 g/mol. The first-order chi connectivity index (χ1) is 13.2. The van der Waals surface area contributed by atoms with Gasteiger partial charge in [-0.15, -0.1) is 0 Å². The van der Waals surface area contributed by atoms with Gasteiger partial charge in [-0.05, 0) is 31.0 Å². The van der Waals surface area contributed by atoms with Crippen LogP contribution in [-0.2, 0) is 19.6 Å². The van der Waals surface area contributed by atoms with E-state index in [0.717, 1.165) is 22.0 Å². The summed E-state index contributed by atoms with van der Waals surface area (Å²) in [6.07, 6.45) is 2.99. The topological polar surface area (TPSA) is 116 Å². The third kappa shape index (κ3) is 3.74. The van der Waals surface area contributed by atoms with Gasteiger partial charge in [-0.3, -0.25) is 14.5 Å². The van der Waals surface area contributed by atoms with Gasteiger partial charge in [0.05, 0.1) is 4.90 Å². The summed E-state index contributed by atoms with van der Waals surface area (Å²) >= 11 is 0. The SMILES string of the molecule is CN(C)S(=O)(=O)c1cccc(NC(=O)CCN2C(=O)NC3(CCCC3)C2=O)c1. The molecule has 0 unspecified atom stereocenters. The average molecular weight is 408 g/mol. The Morgan fingerprint density at radius 2 is 1.93 bits per heavy atom. The van der Waals surface area contributed by atoms with Gasteiger partial charge in [-0.1, -0.05) is 18.9 Å². The highest BCUT2D eigenvalue weighted by molar-refractivity contribution is 7.89. The standard InChI is InChI=1S/C18H24N4O5S/c1-21(2)28(26,27)14-7-5-6-13(12-14)19-15(23)8-11-22-16(24)18(20-17(22)25)9-3-4-10-18/h5-7,12H,3-4,8-11H2,1-2H3,(H,19,23)(H,20,25). The lowest BCUT2D eigenvalue weighted by molar-refractivity contribution is -0.131. The van der Waals surface area contributed by atoms with Crippen LogP contribution >= 0.6 is 0 Å². The lowest BCUT2D eigenvalue weighted by Gasteiger charge is -2.19. The number of urea groups is 1. The van der Waals surface area contributed by atoms with Crippen molar-refractivity contribution in [3.8, 4) is 0 Å². The molecule has 3 rings (SSSR count). The molecule has 0 radical (unpaired) electrons. The van der Waals surface area contributed by atoms with E-state index in [9.17, 15) is 22.8 Å². The van der Waals surface area contributed by atoms with Crippen LogP contribution in [-0.4, -0.2) is 61.6 Å². The Hall–Kier alpha value is -2.46. The van der Waals surface area contributed by atoms with E-state index in [-0.39, 0.29) is 23.8 Å². The quantitative estimate of drug-likeness (QED) is 0.685. The second-order valence-electron chi connectivity index (χ2n) is 7.29. The molecule has 1 spiro atoms. The molecule has 1 heterocycles. The number of sulfonamides is 1. The molecule has 2 aliphatic rings. The Morgan fingerprint density at radius 3 is 2.57 bits per heavy atom. The van der Waals surface area contributed by atoms with Crippen molar-refractivity contribution in [2.45, 2.75) is 42.5 Å². The molecule has 4 amide bonds. The Balaban J connectivity index is 1.61. The van der Waals surface area contributed by atoms with Crippen LogP contribution in [0.5, 0.6) is 0 Å². The number of hydrogen-bond donors (Lipinski definition) is 2. The molecule has 9 nitrogen and oxygen atoms in total. The number of amides is 4. The zero-order valence-electron chi connectivity index (χ0n) is 15.9. The summed E-state index contributed by atoms with van der Waals surface area (Å²) in [4.78, 5) is 38.1. The third-order valence-electron chi connectivity index (χ3n) is 5.16. The smallest absolute Gasteiger partial charge is 0.325 e. The van der Waals surface area contributed by atoms with E-state index in [1.54, 1.807) is 6.07 Å². The molecule has 1 saturated carbocycles. The van der Waals surface area contributed by atoms with Crippen molar-refractivity contribution in [1.29, 1.82) is 0 Å². The molecule has 1 aliphatic carbocycles. The van der Waals surface area contributed by atoms with Gasteiger partial charge in [0.25, 0.3) is 5.91 Å². The molecule has 1 saturated heterocycles. The van der Waals surface area contributed by atoms with Crippen molar-refractivity contribution in [1.82, 2.24) is 14.5 Å². The molecule has 28 heavy (non-hydrogen) atoms. The Morgan fingerprint density at radius 1 is 1.25 bits per heavy atom. The summed E-state index contributed by atoms with van der Waals surface area (Å²) in [6, 6.07) is 5.47. The van der Waals surface area contributed by atoms with Crippen LogP contribution in [0.15, 0.2) is 29.2 Å². The van der Waals surface area contributed by atoms with E-state index in [1.165, 1.54) is 32.3 Å². The van der Waals surface area contributed by atoms with Gasteiger partial charge in [-0.2, -0.15) is 0 Å². The van der Waals surface area contributed by atoms with Gasteiger partial charge >= 0.3 is 6.03 Å². The zero-order valence-corrected chi connectivity index (χ0v) is 16.7. The van der Waals surface area contributed by atoms with Gasteiger partial charge in [0.15, 0.2) is 0 Å². The van der Waals surface area contributed by atoms with Gasteiger partial charge < -0.3 is 10.6 Å². The van der Waals surface area contributed by atoms with Gasteiger partial charge in [0.2, 0.25) is 15.9 Å². The minimum Gasteiger partial charge on any atom is -0.326 e. The van der Waals surface area contributed by atoms with E-state index in [0.29, 0.717) is 18.5 Å². The molecule has 0 aromatic heterocycles. The Kier molecular flexibility index (Phi) is 5.44. The van der Waals surface area contributed by atoms with Crippen LogP contribution in [0, 0.1) is 0 Å². The third-order valence-corrected chi connectivity index (χ3v) is 6.97. The van der Waals surface area contributed by atoms with Crippen molar-refractivity contribution < 1.29 is 22.8 Å². The summed E-state index contributed by atoms with van der Waals surface area (Å²) in [5.41, 5.74) is -0.458. The second-order valence-corrected chi connectivity index (χ2v) is 9.44. The minimum absolute atomic E-state index is 0.0199. The fraction of sp³-hybridized carbons (Fsp3) is 0.500. The molecule has 2 fully saturated rings. The molecule has 1 aliphatic heterocycles. The summed E-state index contributed by atoms with van der Waals surface area (Å²) < 4.78 is 25.5. The van der Waals surface area contributed by atoms with Crippen molar-refractivity contribution >= 4 is 33.6 Å². The highest BCUT2D eigenvalue weighted by Gasteiger charge is 2.52. The van der Waals surface area contributed by atoms with Crippen molar-refractivity contribution in [3.63, 3.8) is 0 Å². The maximum atomic E-state index is 12.6. The van der Waals surface area contributed by atoms with E-state index >= 15 is 0 Å². The van der Waals surface area contributed by atoms with Crippen LogP contribution < -0.4 is 10.6 Å². The van der Waals surface area contributed by atoms with Crippen LogP contribution in [0.25, 0.3) is 0 Å². The summed E-state index contributed by atoms with van der Waals surface area (Å²) in [5.74, 6) is -0.672. The first-order valence-corrected chi connectivity index (χ1v) is 10.6. The molecule has 152 valence electrons. The van der Waals surface area contributed by atoms with Crippen LogP contribution in [0.2, 0.25) is 0 Å². The van der Waals surface area contributed by atoms with Gasteiger partial charge in [0.1, 0.15) is 5.54 Å². The highest BCUT2D eigenvalue weighted by Crippen LogP contribution is 2.35. The van der Waals surface area contributed by atoms with Crippen LogP contribution in [0.1, 0.15) is 32.1 Å². The maximum Gasteiger partial charge on any atom is 0.325 e. The second kappa shape index (κ2) is 7.51. The van der Waals surface area contributed by atoms with Gasteiger partial charge in [-0.25, -0.2) is 17.5 Å². The molecule has 1 aromatic rings. The molecular formula is C18H24N4O5S. The number of hydrogen-bond acceptors (Lipinski definition) is 5. The number of benzene rings is 1. The number of carbonyl (C=O) groups excluding carboxylic acids is 3. The first kappa shape index (κ1) is 20.3. The number of nitrogens with one attached hydrogen (secondary N) is 2. The Labute approximate surface area is 164 Å². The molecule has 0 bridgehead atoms. The predicted octanol–water partition coefficient (Wildman–Crippen LogP) is 1.13. The lowest BCUT2D eigenvalue weighted by atomic mass is 9.98. The highest BCUT2D eigenvalue weighted by atomic mass is 32.2. The Bertz CT molecular complexity index is 906. The van der Waals surface area contributed by atoms with Crippen LogP contribution in [0.3, 0.4) is 0 Å². The van der Waals surface area contributed by atoms with Crippen molar-refractivity contribution in [3.05, 3.63) is 24.3 Å². The molecule has 10 heteroatoms.